The summed E-state index contributed by atoms with van der Waals surface area (Å²) in [5.74, 6) is -3.55. The molecule has 5 atom stereocenters. The lowest BCUT2D eigenvalue weighted by Gasteiger charge is -2.45. The molecule has 1 aromatic heterocycles. The molecule has 2 fully saturated rings. The predicted molar refractivity (Wildman–Crippen MR) is 176 cm³/mol. The largest absolute Gasteiger partial charge is 0.622 e. The van der Waals surface area contributed by atoms with E-state index in [1.54, 1.807) is 24.1 Å². The molecule has 2 aliphatic rings. The quantitative estimate of drug-likeness (QED) is 0.281. The summed E-state index contributed by atoms with van der Waals surface area (Å²) in [6.45, 7) is 5.79. The van der Waals surface area contributed by atoms with Gasteiger partial charge in [0.2, 0.25) is 5.91 Å². The van der Waals surface area contributed by atoms with Gasteiger partial charge in [0, 0.05) is 24.3 Å². The third-order valence-corrected chi connectivity index (χ3v) is 8.38. The van der Waals surface area contributed by atoms with Gasteiger partial charge in [-0.2, -0.15) is 0 Å². The average Bonchev–Trinajstić information content (AvgIpc) is 3.06. The number of rotatable bonds is 10. The average molecular weight is 642 g/mol. The van der Waals surface area contributed by atoms with E-state index < -0.39 is 61.0 Å². The lowest BCUT2D eigenvalue weighted by Crippen LogP contribution is -2.67. The number of fused-ring (bicyclic) bond motifs is 2. The molecule has 2 bridgehead atoms. The smallest absolute Gasteiger partial charge is 0.497 e. The molecule has 13 heteroatoms. The Balaban J connectivity index is 1.32. The molecule has 12 nitrogen and oxygen atoms in total. The van der Waals surface area contributed by atoms with E-state index in [2.05, 4.69) is 15.6 Å². The molecule has 3 N–H and O–H groups in total. The number of amides is 2. The van der Waals surface area contributed by atoms with Crippen LogP contribution < -0.4 is 15.5 Å². The number of hydrogen-bond acceptors (Lipinski definition) is 10. The number of aliphatic hydroxyl groups is 1. The maximum Gasteiger partial charge on any atom is 0.622 e. The van der Waals surface area contributed by atoms with E-state index in [0.717, 1.165) is 11.3 Å². The summed E-state index contributed by atoms with van der Waals surface area (Å²) in [7, 11) is 0.270. The van der Waals surface area contributed by atoms with E-state index in [1.807, 2.05) is 79.4 Å². The number of carbonyl (C=O) groups is 4. The van der Waals surface area contributed by atoms with Crippen LogP contribution in [-0.4, -0.2) is 96.2 Å². The van der Waals surface area contributed by atoms with Crippen LogP contribution in [0.3, 0.4) is 0 Å². The number of hydrogen-bond donors (Lipinski definition) is 3. The number of benzene rings is 2. The van der Waals surface area contributed by atoms with E-state index >= 15 is 0 Å². The molecule has 2 aliphatic heterocycles. The Morgan fingerprint density at radius 1 is 0.894 bits per heavy atom. The number of aliphatic hydroxyl groups excluding tert-OH is 1. The molecule has 5 rings (SSSR count). The van der Waals surface area contributed by atoms with Crippen molar-refractivity contribution in [3.63, 3.8) is 0 Å². The Bertz CT molecular complexity index is 1550. The normalized spacial score (nSPS) is 20.3. The van der Waals surface area contributed by atoms with Crippen molar-refractivity contribution in [3.8, 4) is 11.3 Å². The van der Waals surface area contributed by atoms with Gasteiger partial charge in [-0.1, -0.05) is 68.4 Å². The maximum atomic E-state index is 13.6. The first-order valence-electron chi connectivity index (χ1n) is 15.8. The number of pyridine rings is 1. The highest BCUT2D eigenvalue weighted by Crippen LogP contribution is 2.26. The zero-order chi connectivity index (χ0) is 33.7. The Labute approximate surface area is 274 Å². The van der Waals surface area contributed by atoms with Gasteiger partial charge in [0.15, 0.2) is 0 Å². The molecule has 2 amide bonds. The minimum Gasteiger partial charge on any atom is -0.497 e. The van der Waals surface area contributed by atoms with Gasteiger partial charge in [0.25, 0.3) is 5.91 Å². The van der Waals surface area contributed by atoms with E-state index in [9.17, 15) is 24.3 Å². The highest BCUT2D eigenvalue weighted by atomic mass is 16.6. The Kier molecular flexibility index (Phi) is 10.6. The van der Waals surface area contributed by atoms with Crippen LogP contribution in [0.2, 0.25) is 0 Å². The standard InChI is InChI=1S/C34H40BN5O7/c1-21(2)18-29(35-46-33(44)27-19-40(24-14-9-6-10-15-24)20-28(39(27)4)34(45)47-35)37-32(43)30(22(3)41)38-31(42)26-17-11-16-25(36-26)23-12-7-5-8-13-23/h5-17,21-22,27-30,41H,18-20H2,1-4H3,(H,37,43)(H,38,42)/t22?,27-,28+,29?,30?. The number of nitrogens with zero attached hydrogens (tertiary/aromatic N) is 3. The van der Waals surface area contributed by atoms with Crippen molar-refractivity contribution in [2.75, 3.05) is 25.0 Å². The van der Waals surface area contributed by atoms with Crippen molar-refractivity contribution < 1.29 is 33.6 Å². The van der Waals surface area contributed by atoms with Crippen molar-refractivity contribution in [1.82, 2.24) is 20.5 Å². The highest BCUT2D eigenvalue weighted by molar-refractivity contribution is 6.51. The Morgan fingerprint density at radius 2 is 1.49 bits per heavy atom. The fraction of sp³-hybridized carbons (Fsp3) is 0.382. The highest BCUT2D eigenvalue weighted by Gasteiger charge is 2.50. The molecule has 2 aromatic carbocycles. The summed E-state index contributed by atoms with van der Waals surface area (Å²) in [6.07, 6.45) is -1.02. The van der Waals surface area contributed by atoms with Crippen LogP contribution in [-0.2, 0) is 23.7 Å². The van der Waals surface area contributed by atoms with E-state index in [0.29, 0.717) is 18.8 Å². The lowest BCUT2D eigenvalue weighted by molar-refractivity contribution is -0.155. The van der Waals surface area contributed by atoms with Gasteiger partial charge in [-0.25, -0.2) is 4.98 Å². The molecule has 0 radical (unpaired) electrons. The van der Waals surface area contributed by atoms with Crippen molar-refractivity contribution >= 4 is 36.6 Å². The summed E-state index contributed by atoms with van der Waals surface area (Å²) in [5, 5.41) is 15.9. The summed E-state index contributed by atoms with van der Waals surface area (Å²) in [4.78, 5) is 62.0. The Hall–Kier alpha value is -4.75. The van der Waals surface area contributed by atoms with Crippen LogP contribution in [0.25, 0.3) is 11.3 Å². The van der Waals surface area contributed by atoms with Crippen LogP contribution in [0.5, 0.6) is 0 Å². The van der Waals surface area contributed by atoms with E-state index in [1.165, 1.54) is 13.0 Å². The molecule has 0 aliphatic carbocycles. The minimum absolute atomic E-state index is 0.0107. The van der Waals surface area contributed by atoms with Gasteiger partial charge in [-0.15, -0.1) is 0 Å². The number of nitrogens with one attached hydrogen (secondary N) is 2. The first-order chi connectivity index (χ1) is 22.5. The second-order valence-corrected chi connectivity index (χ2v) is 12.4. The molecular formula is C34H40BN5O7. The fourth-order valence-corrected chi connectivity index (χ4v) is 5.84. The van der Waals surface area contributed by atoms with Gasteiger partial charge in [-0.3, -0.25) is 24.1 Å². The SMILES string of the molecule is CC(C)CC(NC(=O)C(NC(=O)c1cccc(-c2ccccc2)n1)C(C)O)B1OC(=O)[C@H]2CN(c3ccccc3)C[C@@H](C(=O)O1)N2C. The number of aromatic nitrogens is 1. The topological polar surface area (TPSA) is 150 Å². The van der Waals surface area contributed by atoms with Crippen molar-refractivity contribution in [2.45, 2.75) is 57.4 Å². The number of anilines is 1. The molecule has 3 aromatic rings. The lowest BCUT2D eigenvalue weighted by atomic mass is 9.73. The molecule has 2 saturated heterocycles. The van der Waals surface area contributed by atoms with Crippen molar-refractivity contribution in [2.24, 2.45) is 5.92 Å². The van der Waals surface area contributed by atoms with Crippen LogP contribution >= 0.6 is 0 Å². The van der Waals surface area contributed by atoms with Gasteiger partial charge < -0.3 is 29.9 Å². The number of likely N-dealkylation sites (N-methyl/N-ethyl adjacent to an activating group) is 1. The van der Waals surface area contributed by atoms with Crippen molar-refractivity contribution in [3.05, 3.63) is 84.6 Å². The number of para-hydroxylation sites is 1. The third kappa shape index (κ3) is 7.98. The van der Waals surface area contributed by atoms with Gasteiger partial charge in [0.05, 0.1) is 17.7 Å². The monoisotopic (exact) mass is 641 g/mol. The molecule has 246 valence electrons. The third-order valence-electron chi connectivity index (χ3n) is 8.38. The van der Waals surface area contributed by atoms with Crippen LogP contribution in [0.4, 0.5) is 5.69 Å². The fourth-order valence-electron chi connectivity index (χ4n) is 5.84. The van der Waals surface area contributed by atoms with Crippen LogP contribution in [0.15, 0.2) is 78.9 Å². The molecule has 0 saturated carbocycles. The molecule has 47 heavy (non-hydrogen) atoms. The van der Waals surface area contributed by atoms with Crippen LogP contribution in [0.1, 0.15) is 37.7 Å². The molecule has 0 spiro atoms. The van der Waals surface area contributed by atoms with Crippen molar-refractivity contribution in [1.29, 1.82) is 0 Å². The number of carbonyl (C=O) groups excluding carboxylic acids is 4. The molecule has 3 heterocycles. The summed E-state index contributed by atoms with van der Waals surface area (Å²) in [5.41, 5.74) is 2.32. The van der Waals surface area contributed by atoms with Gasteiger partial charge in [-0.05, 0) is 50.6 Å². The van der Waals surface area contributed by atoms with Gasteiger partial charge >= 0.3 is 19.1 Å². The van der Waals surface area contributed by atoms with Gasteiger partial charge in [0.1, 0.15) is 23.8 Å². The molecule has 3 unspecified atom stereocenters. The second kappa shape index (κ2) is 14.8. The Morgan fingerprint density at radius 3 is 2.06 bits per heavy atom. The summed E-state index contributed by atoms with van der Waals surface area (Å²) in [6, 6.07) is 20.9. The van der Waals surface area contributed by atoms with Crippen LogP contribution in [0, 0.1) is 5.92 Å². The van der Waals surface area contributed by atoms with E-state index in [-0.39, 0.29) is 18.0 Å². The number of piperazine rings is 1. The maximum absolute atomic E-state index is 13.6. The summed E-state index contributed by atoms with van der Waals surface area (Å²) >= 11 is 0. The predicted octanol–water partition coefficient (Wildman–Crippen LogP) is 2.08. The molecular weight excluding hydrogens is 601 g/mol. The zero-order valence-electron chi connectivity index (χ0n) is 26.9. The summed E-state index contributed by atoms with van der Waals surface area (Å²) < 4.78 is 11.6. The second-order valence-electron chi connectivity index (χ2n) is 12.4. The van der Waals surface area contributed by atoms with E-state index in [4.69, 9.17) is 9.31 Å². The first-order valence-corrected chi connectivity index (χ1v) is 15.8. The first kappa shape index (κ1) is 33.6. The minimum atomic E-state index is -1.42. The zero-order valence-corrected chi connectivity index (χ0v) is 26.9.